The van der Waals surface area contributed by atoms with Crippen LogP contribution in [-0.2, 0) is 10.0 Å². The molecule has 0 unspecified atom stereocenters. The molecule has 0 aliphatic rings. The molecule has 0 saturated carbocycles. The first-order chi connectivity index (χ1) is 14.1. The van der Waals surface area contributed by atoms with E-state index in [1.807, 2.05) is 6.92 Å². The van der Waals surface area contributed by atoms with Crippen LogP contribution in [0.3, 0.4) is 0 Å². The number of nitrogens with zero attached hydrogens (tertiary/aromatic N) is 1. The van der Waals surface area contributed by atoms with Crippen LogP contribution in [0, 0.1) is 6.92 Å². The lowest BCUT2D eigenvalue weighted by Crippen LogP contribution is -2.37. The fourth-order valence-electron chi connectivity index (χ4n) is 2.96. The molecule has 3 N–H and O–H groups in total. The minimum absolute atomic E-state index is 0.00466. The highest BCUT2D eigenvalue weighted by molar-refractivity contribution is 7.89. The molecule has 1 heterocycles. The zero-order valence-electron chi connectivity index (χ0n) is 17.0. The van der Waals surface area contributed by atoms with Gasteiger partial charge in [0.05, 0.1) is 16.6 Å². The van der Waals surface area contributed by atoms with Crippen LogP contribution in [0.4, 0.5) is 17.1 Å². The molecule has 0 fully saturated rings. The van der Waals surface area contributed by atoms with E-state index in [0.29, 0.717) is 12.2 Å². The fourth-order valence-corrected chi connectivity index (χ4v) is 3.89. The number of rotatable bonds is 8. The number of phenols is 1. The zero-order valence-corrected chi connectivity index (χ0v) is 17.8. The van der Waals surface area contributed by atoms with E-state index in [1.54, 1.807) is 19.1 Å². The SMILES string of the molecule is CC[C@@H](Nc1c(Nc2cc(S(=O)(=O)N(C)C)ccc2O)c(=O)c1=O)c1ccc(C)o1. The van der Waals surface area contributed by atoms with Crippen LogP contribution >= 0.6 is 0 Å². The summed E-state index contributed by atoms with van der Waals surface area (Å²) >= 11 is 0. The number of hydrogen-bond donors (Lipinski definition) is 3. The minimum atomic E-state index is -3.75. The van der Waals surface area contributed by atoms with Crippen LogP contribution in [0.5, 0.6) is 5.75 Å². The number of benzene rings is 1. The number of sulfonamides is 1. The van der Waals surface area contributed by atoms with Crippen LogP contribution in [0.25, 0.3) is 0 Å². The Morgan fingerprint density at radius 2 is 1.77 bits per heavy atom. The summed E-state index contributed by atoms with van der Waals surface area (Å²) in [5.41, 5.74) is -1.45. The van der Waals surface area contributed by atoms with E-state index in [1.165, 1.54) is 32.3 Å². The Morgan fingerprint density at radius 3 is 2.33 bits per heavy atom. The summed E-state index contributed by atoms with van der Waals surface area (Å²) in [5.74, 6) is 1.08. The molecule has 9 nitrogen and oxygen atoms in total. The molecule has 0 radical (unpaired) electrons. The van der Waals surface area contributed by atoms with Gasteiger partial charge in [0.25, 0.3) is 10.9 Å². The predicted octanol–water partition coefficient (Wildman–Crippen LogP) is 2.45. The largest absolute Gasteiger partial charge is 0.506 e. The van der Waals surface area contributed by atoms with Crippen molar-refractivity contribution in [1.29, 1.82) is 0 Å². The number of anilines is 3. The van der Waals surface area contributed by atoms with E-state index in [0.717, 1.165) is 10.1 Å². The third-order valence-corrected chi connectivity index (χ3v) is 6.56. The molecule has 1 aromatic heterocycles. The van der Waals surface area contributed by atoms with Crippen LogP contribution in [0.15, 0.2) is 49.2 Å². The molecule has 3 aromatic rings. The van der Waals surface area contributed by atoms with Crippen molar-refractivity contribution in [2.75, 3.05) is 24.7 Å². The maximum Gasteiger partial charge on any atom is 0.253 e. The predicted molar refractivity (Wildman–Crippen MR) is 114 cm³/mol. The molecule has 160 valence electrons. The number of hydrogen-bond acceptors (Lipinski definition) is 8. The molecule has 1 atom stereocenters. The van der Waals surface area contributed by atoms with Gasteiger partial charge in [0, 0.05) is 14.1 Å². The highest BCUT2D eigenvalue weighted by Gasteiger charge is 2.26. The van der Waals surface area contributed by atoms with E-state index in [-0.39, 0.29) is 33.7 Å². The van der Waals surface area contributed by atoms with Gasteiger partial charge in [-0.3, -0.25) is 9.59 Å². The van der Waals surface area contributed by atoms with E-state index >= 15 is 0 Å². The summed E-state index contributed by atoms with van der Waals surface area (Å²) in [6.45, 7) is 3.70. The van der Waals surface area contributed by atoms with Crippen molar-refractivity contribution in [2.45, 2.75) is 31.2 Å². The first-order valence-corrected chi connectivity index (χ1v) is 10.7. The van der Waals surface area contributed by atoms with E-state index in [2.05, 4.69) is 10.6 Å². The van der Waals surface area contributed by atoms with Gasteiger partial charge in [-0.2, -0.15) is 0 Å². The molecule has 10 heteroatoms. The second kappa shape index (κ2) is 7.96. The van der Waals surface area contributed by atoms with Crippen LogP contribution in [0.2, 0.25) is 0 Å². The molecule has 0 amide bonds. The maximum atomic E-state index is 12.3. The summed E-state index contributed by atoms with van der Waals surface area (Å²) in [6.07, 6.45) is 0.590. The number of aryl methyl sites for hydroxylation is 1. The van der Waals surface area contributed by atoms with E-state index < -0.39 is 20.9 Å². The number of furan rings is 1. The summed E-state index contributed by atoms with van der Waals surface area (Å²) < 4.78 is 31.3. The van der Waals surface area contributed by atoms with Gasteiger partial charge in [-0.05, 0) is 43.7 Å². The van der Waals surface area contributed by atoms with Gasteiger partial charge >= 0.3 is 0 Å². The highest BCUT2D eigenvalue weighted by atomic mass is 32.2. The zero-order chi connectivity index (χ0) is 22.2. The number of phenolic OH excluding ortho intramolecular Hbond substituents is 1. The third kappa shape index (κ3) is 3.83. The van der Waals surface area contributed by atoms with Crippen LogP contribution in [-0.4, -0.2) is 31.9 Å². The number of nitrogens with one attached hydrogen (secondary N) is 2. The first-order valence-electron chi connectivity index (χ1n) is 9.25. The van der Waals surface area contributed by atoms with Crippen molar-refractivity contribution in [3.05, 3.63) is 62.3 Å². The fraction of sp³-hybridized carbons (Fsp3) is 0.300. The second-order valence-electron chi connectivity index (χ2n) is 7.05. The minimum Gasteiger partial charge on any atom is -0.506 e. The van der Waals surface area contributed by atoms with Gasteiger partial charge in [-0.25, -0.2) is 12.7 Å². The maximum absolute atomic E-state index is 12.3. The number of aromatic hydroxyl groups is 1. The summed E-state index contributed by atoms with van der Waals surface area (Å²) in [5, 5.41) is 15.8. The lowest BCUT2D eigenvalue weighted by atomic mass is 10.1. The Hall–Kier alpha value is -3.11. The molecular weight excluding hydrogens is 410 g/mol. The standard InChI is InChI=1S/C20H23N3O6S/c1-5-13(16-9-6-11(2)29-16)21-17-18(20(26)19(17)25)22-14-10-12(7-8-15(14)24)30(27,28)23(3)4/h6-10,13,21-22,24H,5H2,1-4H3/t13-/m1/s1. The Labute approximate surface area is 173 Å². The first kappa shape index (κ1) is 21.6. The molecule has 0 saturated heterocycles. The molecule has 0 aliphatic heterocycles. The Morgan fingerprint density at radius 1 is 1.10 bits per heavy atom. The highest BCUT2D eigenvalue weighted by Crippen LogP contribution is 2.33. The quantitative estimate of drug-likeness (QED) is 0.365. The van der Waals surface area contributed by atoms with Crippen molar-refractivity contribution in [3.63, 3.8) is 0 Å². The Bertz CT molecular complexity index is 1250. The monoisotopic (exact) mass is 433 g/mol. The Balaban J connectivity index is 1.93. The van der Waals surface area contributed by atoms with Gasteiger partial charge in [-0.1, -0.05) is 6.92 Å². The molecule has 0 bridgehead atoms. The van der Waals surface area contributed by atoms with Crippen molar-refractivity contribution in [2.24, 2.45) is 0 Å². The normalized spacial score (nSPS) is 13.0. The van der Waals surface area contributed by atoms with Gasteiger partial charge in [0.1, 0.15) is 28.6 Å². The van der Waals surface area contributed by atoms with Crippen molar-refractivity contribution >= 4 is 27.1 Å². The molecule has 30 heavy (non-hydrogen) atoms. The topological polar surface area (TPSA) is 129 Å². The van der Waals surface area contributed by atoms with Gasteiger partial charge in [0.2, 0.25) is 10.0 Å². The van der Waals surface area contributed by atoms with Crippen LogP contribution < -0.4 is 21.5 Å². The average Bonchev–Trinajstić information content (AvgIpc) is 3.14. The molecule has 2 aromatic carbocycles. The summed E-state index contributed by atoms with van der Waals surface area (Å²) in [7, 11) is -0.981. The molecular formula is C20H23N3O6S. The van der Waals surface area contributed by atoms with Crippen molar-refractivity contribution < 1.29 is 17.9 Å². The molecule has 0 spiro atoms. The summed E-state index contributed by atoms with van der Waals surface area (Å²) in [6, 6.07) is 6.92. The van der Waals surface area contributed by atoms with E-state index in [4.69, 9.17) is 4.42 Å². The van der Waals surface area contributed by atoms with Gasteiger partial charge in [-0.15, -0.1) is 0 Å². The van der Waals surface area contributed by atoms with Gasteiger partial charge < -0.3 is 20.2 Å². The van der Waals surface area contributed by atoms with Crippen LogP contribution in [0.1, 0.15) is 30.9 Å². The molecule has 3 rings (SSSR count). The average molecular weight is 433 g/mol. The van der Waals surface area contributed by atoms with Crippen molar-refractivity contribution in [3.8, 4) is 5.75 Å². The molecule has 0 aliphatic carbocycles. The smallest absolute Gasteiger partial charge is 0.253 e. The van der Waals surface area contributed by atoms with Crippen molar-refractivity contribution in [1.82, 2.24) is 4.31 Å². The van der Waals surface area contributed by atoms with Gasteiger partial charge in [0.15, 0.2) is 0 Å². The second-order valence-corrected chi connectivity index (χ2v) is 9.21. The Kier molecular flexibility index (Phi) is 5.73. The lowest BCUT2D eigenvalue weighted by Gasteiger charge is -2.21. The lowest BCUT2D eigenvalue weighted by molar-refractivity contribution is 0.452. The summed E-state index contributed by atoms with van der Waals surface area (Å²) in [4.78, 5) is 24.2. The van der Waals surface area contributed by atoms with E-state index in [9.17, 15) is 23.1 Å². The third-order valence-electron chi connectivity index (χ3n) is 4.75.